The molecule has 3 unspecified atom stereocenters. The number of hydrogen-bond acceptors (Lipinski definition) is 3. The Morgan fingerprint density at radius 3 is 2.52 bits per heavy atom. The summed E-state index contributed by atoms with van der Waals surface area (Å²) >= 11 is 5.65. The molecule has 2 saturated carbocycles. The monoisotopic (exact) mass is 331 g/mol. The Bertz CT molecular complexity index is 585. The Morgan fingerprint density at radius 1 is 1.09 bits per heavy atom. The first-order chi connectivity index (χ1) is 11.2. The van der Waals surface area contributed by atoms with Crippen LogP contribution in [0.1, 0.15) is 25.7 Å². The largest absolute Gasteiger partial charge is 0.506 e. The molecule has 23 heavy (non-hydrogen) atoms. The number of anilines is 1. The number of phenolic OH excluding ortho intramolecular Hbond substituents is 1. The number of phenols is 1. The fraction of sp³-hybridized carbons (Fsp3) is 0.611. The topological polar surface area (TPSA) is 38.7 Å². The predicted octanol–water partition coefficient (Wildman–Crippen LogP) is 2.58. The third kappa shape index (κ3) is 2.99. The van der Waals surface area contributed by atoms with Crippen molar-refractivity contribution in [3.05, 3.63) is 24.3 Å². The average molecular weight is 331 g/mol. The summed E-state index contributed by atoms with van der Waals surface area (Å²) in [6.45, 7) is 3.63. The minimum Gasteiger partial charge on any atom is -0.506 e. The van der Waals surface area contributed by atoms with E-state index in [2.05, 4.69) is 15.1 Å². The quantitative estimate of drug-likeness (QED) is 0.815. The molecular formula is C18H25N3OS. The van der Waals surface area contributed by atoms with Crippen LogP contribution < -0.4 is 10.2 Å². The van der Waals surface area contributed by atoms with E-state index in [1.807, 2.05) is 18.2 Å². The molecule has 2 N–H and O–H groups in total. The fourth-order valence-electron chi connectivity index (χ4n) is 4.55. The van der Waals surface area contributed by atoms with Gasteiger partial charge in [-0.25, -0.2) is 0 Å². The molecule has 0 radical (unpaired) electrons. The summed E-state index contributed by atoms with van der Waals surface area (Å²) in [6.07, 6.45) is 5.52. The molecule has 3 aliphatic rings. The maximum absolute atomic E-state index is 9.99. The third-order valence-corrected chi connectivity index (χ3v) is 6.21. The van der Waals surface area contributed by atoms with Gasteiger partial charge in [0, 0.05) is 32.2 Å². The van der Waals surface area contributed by atoms with Crippen molar-refractivity contribution in [2.24, 2.45) is 11.8 Å². The Morgan fingerprint density at radius 2 is 1.87 bits per heavy atom. The normalized spacial score (nSPS) is 29.8. The lowest BCUT2D eigenvalue weighted by atomic mass is 9.95. The van der Waals surface area contributed by atoms with Crippen LogP contribution in [0.2, 0.25) is 0 Å². The lowest BCUT2D eigenvalue weighted by Crippen LogP contribution is -2.54. The maximum atomic E-state index is 9.99. The van der Waals surface area contributed by atoms with Crippen molar-refractivity contribution >= 4 is 23.0 Å². The molecule has 4 nitrogen and oxygen atoms in total. The molecule has 1 aromatic carbocycles. The number of thiocarbonyl (C=S) groups is 1. The Labute approximate surface area is 143 Å². The summed E-state index contributed by atoms with van der Waals surface area (Å²) in [5, 5.41) is 14.6. The maximum Gasteiger partial charge on any atom is 0.169 e. The van der Waals surface area contributed by atoms with Crippen LogP contribution in [0, 0.1) is 11.8 Å². The highest BCUT2D eigenvalue weighted by Crippen LogP contribution is 2.44. The molecule has 2 aliphatic carbocycles. The van der Waals surface area contributed by atoms with Crippen LogP contribution >= 0.6 is 12.2 Å². The number of nitrogens with zero attached hydrogens (tertiary/aromatic N) is 2. The Balaban J connectivity index is 1.31. The highest BCUT2D eigenvalue weighted by Gasteiger charge is 2.40. The highest BCUT2D eigenvalue weighted by molar-refractivity contribution is 7.80. The van der Waals surface area contributed by atoms with Gasteiger partial charge in [-0.3, -0.25) is 0 Å². The first kappa shape index (κ1) is 15.1. The van der Waals surface area contributed by atoms with Crippen molar-refractivity contribution in [2.75, 3.05) is 31.1 Å². The molecule has 1 aromatic rings. The van der Waals surface area contributed by atoms with Crippen LogP contribution in [0.4, 0.5) is 5.69 Å². The van der Waals surface area contributed by atoms with Gasteiger partial charge >= 0.3 is 0 Å². The Hall–Kier alpha value is -1.49. The van der Waals surface area contributed by atoms with Crippen LogP contribution in [0.15, 0.2) is 24.3 Å². The van der Waals surface area contributed by atoms with E-state index in [0.717, 1.165) is 48.8 Å². The second-order valence-corrected chi connectivity index (χ2v) is 7.58. The van der Waals surface area contributed by atoms with Gasteiger partial charge in [-0.15, -0.1) is 0 Å². The Kier molecular flexibility index (Phi) is 4.05. The van der Waals surface area contributed by atoms with E-state index in [0.29, 0.717) is 11.8 Å². The average Bonchev–Trinajstić information content (AvgIpc) is 3.18. The van der Waals surface area contributed by atoms with E-state index in [1.54, 1.807) is 6.07 Å². The minimum absolute atomic E-state index is 0.364. The van der Waals surface area contributed by atoms with Crippen molar-refractivity contribution < 1.29 is 5.11 Å². The van der Waals surface area contributed by atoms with Crippen molar-refractivity contribution in [3.8, 4) is 5.75 Å². The molecule has 3 atom stereocenters. The second-order valence-electron chi connectivity index (χ2n) is 7.19. The molecule has 1 aliphatic heterocycles. The van der Waals surface area contributed by atoms with Crippen LogP contribution in [0.25, 0.3) is 0 Å². The zero-order chi connectivity index (χ0) is 15.8. The number of fused-ring (bicyclic) bond motifs is 2. The number of hydrogen-bond donors (Lipinski definition) is 2. The SMILES string of the molecule is Oc1ccccc1N1CCN(C(=S)NC2CC3CCC2C3)CC1. The van der Waals surface area contributed by atoms with Gasteiger partial charge in [-0.05, 0) is 55.4 Å². The minimum atomic E-state index is 0.364. The van der Waals surface area contributed by atoms with E-state index >= 15 is 0 Å². The summed E-state index contributed by atoms with van der Waals surface area (Å²) in [7, 11) is 0. The first-order valence-electron chi connectivity index (χ1n) is 8.79. The van der Waals surface area contributed by atoms with Crippen molar-refractivity contribution in [1.82, 2.24) is 10.2 Å². The zero-order valence-electron chi connectivity index (χ0n) is 13.4. The smallest absolute Gasteiger partial charge is 0.169 e. The summed E-state index contributed by atoms with van der Waals surface area (Å²) in [5.74, 6) is 2.15. The fourth-order valence-corrected chi connectivity index (χ4v) is 4.89. The molecule has 124 valence electrons. The molecular weight excluding hydrogens is 306 g/mol. The van der Waals surface area contributed by atoms with Gasteiger partial charge in [-0.1, -0.05) is 18.6 Å². The predicted molar refractivity (Wildman–Crippen MR) is 96.9 cm³/mol. The van der Waals surface area contributed by atoms with Gasteiger partial charge in [0.2, 0.25) is 0 Å². The second kappa shape index (κ2) is 6.19. The van der Waals surface area contributed by atoms with E-state index < -0.39 is 0 Å². The van der Waals surface area contributed by atoms with Gasteiger partial charge < -0.3 is 20.2 Å². The molecule has 3 fully saturated rings. The van der Waals surface area contributed by atoms with Gasteiger partial charge in [0.1, 0.15) is 5.75 Å². The molecule has 0 spiro atoms. The molecule has 0 amide bonds. The number of nitrogens with one attached hydrogen (secondary N) is 1. The van der Waals surface area contributed by atoms with E-state index in [4.69, 9.17) is 12.2 Å². The lowest BCUT2D eigenvalue weighted by Gasteiger charge is -2.38. The van der Waals surface area contributed by atoms with Crippen molar-refractivity contribution in [1.29, 1.82) is 0 Å². The lowest BCUT2D eigenvalue weighted by molar-refractivity contribution is 0.344. The summed E-state index contributed by atoms with van der Waals surface area (Å²) in [5.41, 5.74) is 0.930. The van der Waals surface area contributed by atoms with E-state index in [1.165, 1.54) is 25.7 Å². The van der Waals surface area contributed by atoms with Gasteiger partial charge in [-0.2, -0.15) is 0 Å². The number of rotatable bonds is 2. The number of benzene rings is 1. The number of piperazine rings is 1. The molecule has 5 heteroatoms. The van der Waals surface area contributed by atoms with Gasteiger partial charge in [0.15, 0.2) is 5.11 Å². The zero-order valence-corrected chi connectivity index (χ0v) is 14.3. The van der Waals surface area contributed by atoms with Gasteiger partial charge in [0.25, 0.3) is 0 Å². The van der Waals surface area contributed by atoms with Crippen LogP contribution in [-0.2, 0) is 0 Å². The molecule has 4 rings (SSSR count). The first-order valence-corrected chi connectivity index (χ1v) is 9.20. The van der Waals surface area contributed by atoms with Crippen LogP contribution in [-0.4, -0.2) is 47.3 Å². The third-order valence-electron chi connectivity index (χ3n) is 5.84. The molecule has 1 heterocycles. The van der Waals surface area contributed by atoms with E-state index in [9.17, 15) is 5.11 Å². The van der Waals surface area contributed by atoms with Gasteiger partial charge in [0.05, 0.1) is 5.69 Å². The molecule has 1 saturated heterocycles. The summed E-state index contributed by atoms with van der Waals surface area (Å²) < 4.78 is 0. The molecule has 2 bridgehead atoms. The number of para-hydroxylation sites is 2. The van der Waals surface area contributed by atoms with Crippen molar-refractivity contribution in [3.63, 3.8) is 0 Å². The standard InChI is InChI=1S/C18H25N3OS/c22-17-4-2-1-3-16(17)20-7-9-21(10-8-20)18(23)19-15-12-13-5-6-14(15)11-13/h1-4,13-15,22H,5-12H2,(H,19,23). The highest BCUT2D eigenvalue weighted by atomic mass is 32.1. The van der Waals surface area contributed by atoms with E-state index in [-0.39, 0.29) is 0 Å². The summed E-state index contributed by atoms with van der Waals surface area (Å²) in [4.78, 5) is 4.53. The number of aromatic hydroxyl groups is 1. The molecule has 0 aromatic heterocycles. The van der Waals surface area contributed by atoms with Crippen LogP contribution in [0.3, 0.4) is 0 Å². The van der Waals surface area contributed by atoms with Crippen LogP contribution in [0.5, 0.6) is 5.75 Å². The summed E-state index contributed by atoms with van der Waals surface area (Å²) in [6, 6.07) is 8.18. The van der Waals surface area contributed by atoms with Crippen molar-refractivity contribution in [2.45, 2.75) is 31.7 Å².